The van der Waals surface area contributed by atoms with Crippen molar-refractivity contribution >= 4 is 5.91 Å². The van der Waals surface area contributed by atoms with Crippen molar-refractivity contribution < 1.29 is 4.79 Å². The van der Waals surface area contributed by atoms with Crippen LogP contribution in [0, 0.1) is 5.92 Å². The first kappa shape index (κ1) is 15.7. The molecule has 0 saturated carbocycles. The maximum absolute atomic E-state index is 12.4. The molecule has 3 rings (SSSR count). The lowest BCUT2D eigenvalue weighted by Gasteiger charge is -2.22. The summed E-state index contributed by atoms with van der Waals surface area (Å²) in [6.07, 6.45) is 4.47. The van der Waals surface area contributed by atoms with Crippen LogP contribution < -0.4 is 0 Å². The molecule has 1 amide bonds. The fraction of sp³-hybridized carbons (Fsp3) is 0.368. The molecule has 1 aromatic heterocycles. The van der Waals surface area contributed by atoms with Crippen LogP contribution in [-0.4, -0.2) is 47.4 Å². The first-order valence-electron chi connectivity index (χ1n) is 8.14. The summed E-state index contributed by atoms with van der Waals surface area (Å²) < 4.78 is 0. The summed E-state index contributed by atoms with van der Waals surface area (Å²) in [5.74, 6) is 0.601. The van der Waals surface area contributed by atoms with Gasteiger partial charge in [-0.1, -0.05) is 30.3 Å². The largest absolute Gasteiger partial charge is 0.341 e. The number of hydrogen-bond donors (Lipinski definition) is 0. The van der Waals surface area contributed by atoms with E-state index >= 15 is 0 Å². The van der Waals surface area contributed by atoms with Gasteiger partial charge in [0.15, 0.2) is 0 Å². The van der Waals surface area contributed by atoms with Gasteiger partial charge in [0.2, 0.25) is 0 Å². The van der Waals surface area contributed by atoms with Crippen molar-refractivity contribution in [2.45, 2.75) is 13.0 Å². The molecule has 0 radical (unpaired) electrons. The van der Waals surface area contributed by atoms with Gasteiger partial charge in [0.05, 0.1) is 5.56 Å². The molecule has 2 aromatic rings. The molecule has 0 spiro atoms. The smallest absolute Gasteiger partial charge is 0.255 e. The highest BCUT2D eigenvalue weighted by molar-refractivity contribution is 5.93. The molecule has 0 aliphatic carbocycles. The lowest BCUT2D eigenvalue weighted by atomic mass is 10.1. The summed E-state index contributed by atoms with van der Waals surface area (Å²) in [7, 11) is 1.88. The van der Waals surface area contributed by atoms with Gasteiger partial charge in [0.1, 0.15) is 0 Å². The Balaban J connectivity index is 1.50. The number of carbonyl (C=O) groups excluding carboxylic acids is 1. The third-order valence-corrected chi connectivity index (χ3v) is 4.41. The second-order valence-corrected chi connectivity index (χ2v) is 6.30. The van der Waals surface area contributed by atoms with Crippen LogP contribution in [0.3, 0.4) is 0 Å². The Hall–Kier alpha value is -2.20. The van der Waals surface area contributed by atoms with Crippen molar-refractivity contribution in [2.75, 3.05) is 26.7 Å². The second kappa shape index (κ2) is 7.38. The molecule has 1 unspecified atom stereocenters. The third-order valence-electron chi connectivity index (χ3n) is 4.41. The van der Waals surface area contributed by atoms with E-state index in [0.29, 0.717) is 11.5 Å². The van der Waals surface area contributed by atoms with Gasteiger partial charge >= 0.3 is 0 Å². The summed E-state index contributed by atoms with van der Waals surface area (Å²) in [5.41, 5.74) is 2.02. The molecule has 0 N–H and O–H groups in total. The van der Waals surface area contributed by atoms with Crippen LogP contribution in [0.1, 0.15) is 22.3 Å². The van der Waals surface area contributed by atoms with Crippen LogP contribution in [0.2, 0.25) is 0 Å². The second-order valence-electron chi connectivity index (χ2n) is 6.30. The summed E-state index contributed by atoms with van der Waals surface area (Å²) in [4.78, 5) is 20.7. The fourth-order valence-corrected chi connectivity index (χ4v) is 3.23. The molecular formula is C19H23N3O. The van der Waals surface area contributed by atoms with Crippen LogP contribution in [-0.2, 0) is 6.54 Å². The number of benzene rings is 1. The van der Waals surface area contributed by atoms with E-state index in [1.54, 1.807) is 18.5 Å². The number of aromatic nitrogens is 1. The van der Waals surface area contributed by atoms with Crippen LogP contribution in [0.4, 0.5) is 0 Å². The SMILES string of the molecule is CN(CC1CCN(Cc2ccccc2)C1)C(=O)c1cccnc1. The Kier molecular flexibility index (Phi) is 5.03. The van der Waals surface area contributed by atoms with E-state index in [1.807, 2.05) is 18.0 Å². The predicted octanol–water partition coefficient (Wildman–Crippen LogP) is 2.68. The number of nitrogens with zero attached hydrogens (tertiary/aromatic N) is 3. The lowest BCUT2D eigenvalue weighted by molar-refractivity contribution is 0.0772. The average Bonchev–Trinajstić information content (AvgIpc) is 3.02. The van der Waals surface area contributed by atoms with Gasteiger partial charge < -0.3 is 4.90 Å². The molecule has 1 atom stereocenters. The van der Waals surface area contributed by atoms with Crippen molar-refractivity contribution in [3.05, 3.63) is 66.0 Å². The number of pyridine rings is 1. The molecule has 23 heavy (non-hydrogen) atoms. The monoisotopic (exact) mass is 309 g/mol. The first-order chi connectivity index (χ1) is 11.2. The molecule has 2 heterocycles. The topological polar surface area (TPSA) is 36.4 Å². The highest BCUT2D eigenvalue weighted by Crippen LogP contribution is 2.20. The Bertz CT molecular complexity index is 630. The number of hydrogen-bond acceptors (Lipinski definition) is 3. The van der Waals surface area contributed by atoms with Crippen molar-refractivity contribution in [3.63, 3.8) is 0 Å². The Morgan fingerprint density at radius 3 is 2.83 bits per heavy atom. The van der Waals surface area contributed by atoms with Gasteiger partial charge in [-0.25, -0.2) is 0 Å². The van der Waals surface area contributed by atoms with E-state index in [-0.39, 0.29) is 5.91 Å². The number of likely N-dealkylation sites (tertiary alicyclic amines) is 1. The summed E-state index contributed by atoms with van der Waals surface area (Å²) in [5, 5.41) is 0. The zero-order valence-corrected chi connectivity index (χ0v) is 13.6. The molecule has 1 fully saturated rings. The summed E-state index contributed by atoms with van der Waals surface area (Å²) in [6, 6.07) is 14.2. The van der Waals surface area contributed by atoms with Gasteiger partial charge in [-0.3, -0.25) is 14.7 Å². The molecule has 1 aliphatic rings. The molecular weight excluding hydrogens is 286 g/mol. The minimum Gasteiger partial charge on any atom is -0.341 e. The van der Waals surface area contributed by atoms with Crippen LogP contribution >= 0.6 is 0 Å². The molecule has 1 aromatic carbocycles. The Morgan fingerprint density at radius 1 is 1.26 bits per heavy atom. The maximum atomic E-state index is 12.4. The van der Waals surface area contributed by atoms with E-state index in [1.165, 1.54) is 5.56 Å². The lowest BCUT2D eigenvalue weighted by Crippen LogP contribution is -2.33. The van der Waals surface area contributed by atoms with E-state index in [0.717, 1.165) is 32.6 Å². The van der Waals surface area contributed by atoms with Gasteiger partial charge in [0.25, 0.3) is 5.91 Å². The molecule has 1 aliphatic heterocycles. The van der Waals surface area contributed by atoms with Crippen molar-refractivity contribution in [1.29, 1.82) is 0 Å². The Morgan fingerprint density at radius 2 is 2.09 bits per heavy atom. The summed E-state index contributed by atoms with van der Waals surface area (Å²) >= 11 is 0. The van der Waals surface area contributed by atoms with Crippen molar-refractivity contribution in [1.82, 2.24) is 14.8 Å². The third kappa shape index (κ3) is 4.17. The van der Waals surface area contributed by atoms with Gasteiger partial charge in [0, 0.05) is 39.1 Å². The maximum Gasteiger partial charge on any atom is 0.255 e. The van der Waals surface area contributed by atoms with Gasteiger partial charge in [-0.15, -0.1) is 0 Å². The minimum absolute atomic E-state index is 0.0552. The Labute approximate surface area is 137 Å². The molecule has 4 heteroatoms. The summed E-state index contributed by atoms with van der Waals surface area (Å²) in [6.45, 7) is 3.96. The molecule has 120 valence electrons. The number of carbonyl (C=O) groups is 1. The first-order valence-corrected chi connectivity index (χ1v) is 8.14. The van der Waals surface area contributed by atoms with Crippen LogP contribution in [0.15, 0.2) is 54.9 Å². The minimum atomic E-state index is 0.0552. The highest BCUT2D eigenvalue weighted by atomic mass is 16.2. The van der Waals surface area contributed by atoms with E-state index in [2.05, 4.69) is 40.2 Å². The van der Waals surface area contributed by atoms with E-state index < -0.39 is 0 Å². The van der Waals surface area contributed by atoms with Gasteiger partial charge in [-0.2, -0.15) is 0 Å². The standard InChI is InChI=1S/C19H23N3O/c1-21(19(23)18-8-5-10-20-12-18)13-17-9-11-22(15-17)14-16-6-3-2-4-7-16/h2-8,10,12,17H,9,11,13-15H2,1H3. The molecule has 0 bridgehead atoms. The van der Waals surface area contributed by atoms with Gasteiger partial charge in [-0.05, 0) is 36.6 Å². The molecule has 4 nitrogen and oxygen atoms in total. The fourth-order valence-electron chi connectivity index (χ4n) is 3.23. The van der Waals surface area contributed by atoms with Crippen molar-refractivity contribution in [3.8, 4) is 0 Å². The number of amides is 1. The van der Waals surface area contributed by atoms with E-state index in [9.17, 15) is 4.79 Å². The van der Waals surface area contributed by atoms with Crippen molar-refractivity contribution in [2.24, 2.45) is 5.92 Å². The number of rotatable bonds is 5. The van der Waals surface area contributed by atoms with Crippen LogP contribution in [0.5, 0.6) is 0 Å². The van der Waals surface area contributed by atoms with E-state index in [4.69, 9.17) is 0 Å². The zero-order chi connectivity index (χ0) is 16.1. The quantitative estimate of drug-likeness (QED) is 0.852. The van der Waals surface area contributed by atoms with Crippen LogP contribution in [0.25, 0.3) is 0 Å². The highest BCUT2D eigenvalue weighted by Gasteiger charge is 2.25. The zero-order valence-electron chi connectivity index (χ0n) is 13.6. The normalized spacial score (nSPS) is 18.0. The predicted molar refractivity (Wildman–Crippen MR) is 91.0 cm³/mol. The molecule has 1 saturated heterocycles. The average molecular weight is 309 g/mol.